The molecule has 1 aliphatic heterocycles. The molecule has 0 saturated heterocycles. The fourth-order valence-corrected chi connectivity index (χ4v) is 4.07. The van der Waals surface area contributed by atoms with E-state index in [0.717, 1.165) is 41.5 Å². The molecule has 3 aliphatic rings. The molecule has 7 heteroatoms. The maximum atomic E-state index is 11.4. The van der Waals surface area contributed by atoms with E-state index in [1.165, 1.54) is 6.42 Å². The molecule has 1 aromatic heterocycles. The Labute approximate surface area is 171 Å². The molecule has 1 saturated carbocycles. The van der Waals surface area contributed by atoms with E-state index in [2.05, 4.69) is 17.1 Å². The molecule has 29 heavy (non-hydrogen) atoms. The molecule has 2 heterocycles. The topological polar surface area (TPSA) is 101 Å². The van der Waals surface area contributed by atoms with Crippen LogP contribution in [0.5, 0.6) is 5.75 Å². The van der Waals surface area contributed by atoms with E-state index in [1.807, 2.05) is 38.1 Å². The summed E-state index contributed by atoms with van der Waals surface area (Å²) >= 11 is 0. The van der Waals surface area contributed by atoms with Crippen molar-refractivity contribution in [3.05, 3.63) is 41.2 Å². The van der Waals surface area contributed by atoms with Crippen molar-refractivity contribution in [2.24, 2.45) is 17.1 Å². The highest BCUT2D eigenvalue weighted by molar-refractivity contribution is 5.95. The lowest BCUT2D eigenvalue weighted by atomic mass is 9.88. The number of nitrogens with one attached hydrogen (secondary N) is 1. The summed E-state index contributed by atoms with van der Waals surface area (Å²) in [5, 5.41) is 6.92. The van der Waals surface area contributed by atoms with E-state index >= 15 is 0 Å². The summed E-state index contributed by atoms with van der Waals surface area (Å²) in [6.45, 7) is 6.77. The van der Waals surface area contributed by atoms with Crippen molar-refractivity contribution in [2.45, 2.75) is 46.5 Å². The molecule has 2 aromatic rings. The molecular formula is C22H30N4O3. The summed E-state index contributed by atoms with van der Waals surface area (Å²) in [6, 6.07) is 7.57. The minimum absolute atomic E-state index is 0.102. The van der Waals surface area contributed by atoms with Crippen LogP contribution in [-0.4, -0.2) is 35.7 Å². The SMILES string of the molecule is CC.CC12Cc3[nH]nc(C(N)=O)c3CC1C2.CN1C(=O)CCOc2ccccc21. The van der Waals surface area contributed by atoms with Gasteiger partial charge in [-0.25, -0.2) is 0 Å². The van der Waals surface area contributed by atoms with Gasteiger partial charge in [0.1, 0.15) is 5.75 Å². The van der Waals surface area contributed by atoms with Gasteiger partial charge in [-0.1, -0.05) is 32.9 Å². The van der Waals surface area contributed by atoms with Gasteiger partial charge < -0.3 is 15.4 Å². The van der Waals surface area contributed by atoms with Gasteiger partial charge in [0.2, 0.25) is 5.91 Å². The summed E-state index contributed by atoms with van der Waals surface area (Å²) in [7, 11) is 1.77. The average molecular weight is 399 g/mol. The molecule has 2 amide bonds. The third kappa shape index (κ3) is 4.13. The van der Waals surface area contributed by atoms with Crippen LogP contribution in [0.1, 0.15) is 55.4 Å². The van der Waals surface area contributed by atoms with Crippen LogP contribution in [0.25, 0.3) is 0 Å². The van der Waals surface area contributed by atoms with Crippen LogP contribution in [0.15, 0.2) is 24.3 Å². The lowest BCUT2D eigenvalue weighted by Crippen LogP contribution is -2.24. The smallest absolute Gasteiger partial charge is 0.269 e. The van der Waals surface area contributed by atoms with Crippen LogP contribution in [0, 0.1) is 11.3 Å². The number of nitrogens with two attached hydrogens (primary N) is 1. The number of carbonyl (C=O) groups is 2. The van der Waals surface area contributed by atoms with Gasteiger partial charge in [-0.05, 0) is 42.7 Å². The van der Waals surface area contributed by atoms with Gasteiger partial charge in [-0.2, -0.15) is 5.10 Å². The van der Waals surface area contributed by atoms with Crippen molar-refractivity contribution in [2.75, 3.05) is 18.6 Å². The zero-order chi connectivity index (χ0) is 21.2. The number of aromatic nitrogens is 2. The summed E-state index contributed by atoms with van der Waals surface area (Å²) in [4.78, 5) is 24.1. The fraction of sp³-hybridized carbons (Fsp3) is 0.500. The van der Waals surface area contributed by atoms with Crippen LogP contribution < -0.4 is 15.4 Å². The zero-order valence-corrected chi connectivity index (χ0v) is 17.6. The molecule has 0 bridgehead atoms. The molecular weight excluding hydrogens is 368 g/mol. The van der Waals surface area contributed by atoms with Crippen molar-refractivity contribution < 1.29 is 14.3 Å². The first-order chi connectivity index (χ1) is 13.9. The summed E-state index contributed by atoms with van der Waals surface area (Å²) in [5.74, 6) is 1.22. The Morgan fingerprint density at radius 1 is 1.34 bits per heavy atom. The predicted molar refractivity (Wildman–Crippen MR) is 112 cm³/mol. The Balaban J connectivity index is 0.000000153. The van der Waals surface area contributed by atoms with Gasteiger partial charge in [0, 0.05) is 18.3 Å². The second-order valence-corrected chi connectivity index (χ2v) is 7.85. The van der Waals surface area contributed by atoms with Crippen molar-refractivity contribution in [1.29, 1.82) is 0 Å². The molecule has 5 rings (SSSR count). The molecule has 3 N–H and O–H groups in total. The summed E-state index contributed by atoms with van der Waals surface area (Å²) < 4.78 is 5.43. The molecule has 1 fully saturated rings. The monoisotopic (exact) mass is 398 g/mol. The first-order valence-corrected chi connectivity index (χ1v) is 10.2. The lowest BCUT2D eigenvalue weighted by molar-refractivity contribution is -0.118. The minimum atomic E-state index is -0.410. The van der Waals surface area contributed by atoms with Gasteiger partial charge in [-0.3, -0.25) is 14.7 Å². The number of H-pyrrole nitrogens is 1. The highest BCUT2D eigenvalue weighted by Gasteiger charge is 2.53. The number of anilines is 1. The maximum Gasteiger partial charge on any atom is 0.269 e. The van der Waals surface area contributed by atoms with Gasteiger partial charge in [-0.15, -0.1) is 0 Å². The molecule has 1 aromatic carbocycles. The van der Waals surface area contributed by atoms with Crippen LogP contribution in [0.3, 0.4) is 0 Å². The van der Waals surface area contributed by atoms with Gasteiger partial charge in [0.25, 0.3) is 5.91 Å². The number of fused-ring (bicyclic) bond motifs is 3. The number of rotatable bonds is 1. The van der Waals surface area contributed by atoms with Gasteiger partial charge >= 0.3 is 0 Å². The standard InChI is InChI=1S/C10H13N3O.C10H11NO2.C2H6/c1-10-3-5(10)2-6-7(4-10)12-13-8(6)9(11)14;1-11-8-4-2-3-5-9(8)13-7-6-10(11)12;1-2/h5H,2-4H2,1H3,(H2,11,14)(H,12,13);2-5H,6-7H2,1H3;1-2H3. The Hall–Kier alpha value is -2.83. The predicted octanol–water partition coefficient (Wildman–Crippen LogP) is 3.09. The van der Waals surface area contributed by atoms with Crippen LogP contribution in [-0.2, 0) is 17.6 Å². The quantitative estimate of drug-likeness (QED) is 0.771. The lowest BCUT2D eigenvalue weighted by Gasteiger charge is -2.17. The molecule has 7 nitrogen and oxygen atoms in total. The minimum Gasteiger partial charge on any atom is -0.491 e. The zero-order valence-electron chi connectivity index (χ0n) is 17.6. The molecule has 2 unspecified atom stereocenters. The maximum absolute atomic E-state index is 11.4. The number of aromatic amines is 1. The van der Waals surface area contributed by atoms with E-state index < -0.39 is 5.91 Å². The number of para-hydroxylation sites is 2. The van der Waals surface area contributed by atoms with E-state index in [-0.39, 0.29) is 5.91 Å². The number of amides is 2. The molecule has 0 spiro atoms. The first kappa shape index (κ1) is 20.9. The summed E-state index contributed by atoms with van der Waals surface area (Å²) in [5.41, 5.74) is 9.21. The highest BCUT2D eigenvalue weighted by Crippen LogP contribution is 2.59. The van der Waals surface area contributed by atoms with Crippen LogP contribution >= 0.6 is 0 Å². The van der Waals surface area contributed by atoms with E-state index in [0.29, 0.717) is 24.1 Å². The highest BCUT2D eigenvalue weighted by atomic mass is 16.5. The van der Waals surface area contributed by atoms with Crippen LogP contribution in [0.4, 0.5) is 5.69 Å². The number of hydrogen-bond acceptors (Lipinski definition) is 4. The van der Waals surface area contributed by atoms with Crippen molar-refractivity contribution in [3.8, 4) is 5.75 Å². The van der Waals surface area contributed by atoms with Crippen molar-refractivity contribution in [3.63, 3.8) is 0 Å². The van der Waals surface area contributed by atoms with E-state index in [9.17, 15) is 9.59 Å². The Morgan fingerprint density at radius 3 is 2.79 bits per heavy atom. The Kier molecular flexibility index (Phi) is 5.96. The van der Waals surface area contributed by atoms with Crippen LogP contribution in [0.2, 0.25) is 0 Å². The number of nitrogens with zero attached hydrogens (tertiary/aromatic N) is 2. The number of carbonyl (C=O) groups excluding carboxylic acids is 2. The Morgan fingerprint density at radius 2 is 2.07 bits per heavy atom. The number of benzene rings is 1. The third-order valence-electron chi connectivity index (χ3n) is 5.93. The molecule has 2 aliphatic carbocycles. The molecule has 0 radical (unpaired) electrons. The largest absolute Gasteiger partial charge is 0.491 e. The van der Waals surface area contributed by atoms with Gasteiger partial charge in [0.05, 0.1) is 18.7 Å². The van der Waals surface area contributed by atoms with E-state index in [4.69, 9.17) is 10.5 Å². The van der Waals surface area contributed by atoms with Crippen molar-refractivity contribution >= 4 is 17.5 Å². The number of primary amides is 1. The third-order valence-corrected chi connectivity index (χ3v) is 5.93. The average Bonchev–Trinajstić information content (AvgIpc) is 3.26. The molecule has 156 valence electrons. The fourth-order valence-electron chi connectivity index (χ4n) is 4.07. The molecule has 2 atom stereocenters. The second-order valence-electron chi connectivity index (χ2n) is 7.85. The van der Waals surface area contributed by atoms with E-state index in [1.54, 1.807) is 11.9 Å². The van der Waals surface area contributed by atoms with Crippen molar-refractivity contribution in [1.82, 2.24) is 10.2 Å². The second kappa shape index (κ2) is 8.27. The van der Waals surface area contributed by atoms with Gasteiger partial charge in [0.15, 0.2) is 5.69 Å². The normalized spacial score (nSPS) is 23.5. The number of hydrogen-bond donors (Lipinski definition) is 2. The number of ether oxygens (including phenoxy) is 1. The first-order valence-electron chi connectivity index (χ1n) is 10.2. The Bertz CT molecular complexity index is 907. The summed E-state index contributed by atoms with van der Waals surface area (Å²) in [6.07, 6.45) is 3.72.